The highest BCUT2D eigenvalue weighted by molar-refractivity contribution is 7.89. The summed E-state index contributed by atoms with van der Waals surface area (Å²) in [7, 11) is -3.96. The molecule has 92 valence electrons. The SMILES string of the molecule is O=S(=O)(CCCCl)NCC(F)(F)C(F)F. The second-order valence-corrected chi connectivity index (χ2v) is 5.05. The van der Waals surface area contributed by atoms with Crippen molar-refractivity contribution in [1.82, 2.24) is 4.72 Å². The van der Waals surface area contributed by atoms with Gasteiger partial charge in [0.15, 0.2) is 0 Å². The maximum atomic E-state index is 12.3. The number of rotatable bonds is 7. The molecule has 0 amide bonds. The maximum Gasteiger partial charge on any atom is 0.320 e. The average molecular weight is 272 g/mol. The number of hydrogen-bond donors (Lipinski definition) is 1. The van der Waals surface area contributed by atoms with Crippen LogP contribution in [-0.2, 0) is 10.0 Å². The highest BCUT2D eigenvalue weighted by atomic mass is 35.5. The lowest BCUT2D eigenvalue weighted by atomic mass is 10.4. The van der Waals surface area contributed by atoms with Crippen LogP contribution in [-0.4, -0.2) is 38.9 Å². The fourth-order valence-corrected chi connectivity index (χ4v) is 1.97. The zero-order valence-electron chi connectivity index (χ0n) is 7.52. The monoisotopic (exact) mass is 271 g/mol. The Balaban J connectivity index is 4.15. The van der Waals surface area contributed by atoms with Crippen LogP contribution in [0.15, 0.2) is 0 Å². The Morgan fingerprint density at radius 1 is 1.33 bits per heavy atom. The van der Waals surface area contributed by atoms with Gasteiger partial charge >= 0.3 is 12.3 Å². The second kappa shape index (κ2) is 5.86. The third-order valence-electron chi connectivity index (χ3n) is 1.39. The molecule has 3 nitrogen and oxygen atoms in total. The topological polar surface area (TPSA) is 46.2 Å². The van der Waals surface area contributed by atoms with Crippen LogP contribution in [0.4, 0.5) is 17.6 Å². The van der Waals surface area contributed by atoms with E-state index in [0.717, 1.165) is 0 Å². The summed E-state index contributed by atoms with van der Waals surface area (Å²) in [4.78, 5) is 0. The summed E-state index contributed by atoms with van der Waals surface area (Å²) in [5.74, 6) is -4.77. The molecule has 0 saturated heterocycles. The Kier molecular flexibility index (Phi) is 5.82. The van der Waals surface area contributed by atoms with E-state index in [9.17, 15) is 26.0 Å². The standard InChI is InChI=1S/C6H10ClF4NO2S/c7-2-1-3-15(13,14)12-4-6(10,11)5(8)9/h5,12H,1-4H2. The lowest BCUT2D eigenvalue weighted by molar-refractivity contribution is -0.122. The maximum absolute atomic E-state index is 12.3. The smallest absolute Gasteiger partial charge is 0.212 e. The van der Waals surface area contributed by atoms with E-state index in [4.69, 9.17) is 11.6 Å². The molecule has 0 rings (SSSR count). The van der Waals surface area contributed by atoms with Crippen molar-refractivity contribution in [2.45, 2.75) is 18.8 Å². The summed E-state index contributed by atoms with van der Waals surface area (Å²) < 4.78 is 71.1. The fourth-order valence-electron chi connectivity index (χ4n) is 0.600. The van der Waals surface area contributed by atoms with E-state index in [1.165, 1.54) is 4.72 Å². The van der Waals surface area contributed by atoms with Crippen molar-refractivity contribution in [3.8, 4) is 0 Å². The molecule has 0 unspecified atom stereocenters. The first-order valence-corrected chi connectivity index (χ1v) is 6.09. The fraction of sp³-hybridized carbons (Fsp3) is 1.00. The van der Waals surface area contributed by atoms with Crippen molar-refractivity contribution in [2.24, 2.45) is 0 Å². The minimum Gasteiger partial charge on any atom is -0.212 e. The number of halogens is 5. The summed E-state index contributed by atoms with van der Waals surface area (Å²) in [6, 6.07) is 0. The number of alkyl halides is 5. The van der Waals surface area contributed by atoms with Crippen LogP contribution in [0.2, 0.25) is 0 Å². The lowest BCUT2D eigenvalue weighted by Gasteiger charge is -2.15. The molecule has 0 aliphatic heterocycles. The van der Waals surface area contributed by atoms with Crippen molar-refractivity contribution in [3.05, 3.63) is 0 Å². The molecule has 1 N–H and O–H groups in total. The zero-order chi connectivity index (χ0) is 12.1. The molecular formula is C6H10ClF4NO2S. The van der Waals surface area contributed by atoms with Crippen LogP contribution in [0.5, 0.6) is 0 Å². The van der Waals surface area contributed by atoms with E-state index in [1.807, 2.05) is 0 Å². The van der Waals surface area contributed by atoms with E-state index < -0.39 is 34.7 Å². The van der Waals surface area contributed by atoms with Crippen LogP contribution in [0.1, 0.15) is 6.42 Å². The van der Waals surface area contributed by atoms with E-state index >= 15 is 0 Å². The van der Waals surface area contributed by atoms with Gasteiger partial charge in [-0.1, -0.05) is 0 Å². The van der Waals surface area contributed by atoms with Crippen LogP contribution in [0.3, 0.4) is 0 Å². The van der Waals surface area contributed by atoms with Crippen LogP contribution in [0, 0.1) is 0 Å². The largest absolute Gasteiger partial charge is 0.320 e. The van der Waals surface area contributed by atoms with Crippen molar-refractivity contribution in [2.75, 3.05) is 18.2 Å². The molecule has 0 aliphatic rings. The van der Waals surface area contributed by atoms with Gasteiger partial charge in [0.25, 0.3) is 0 Å². The number of hydrogen-bond acceptors (Lipinski definition) is 2. The van der Waals surface area contributed by atoms with Gasteiger partial charge in [-0.2, -0.15) is 8.78 Å². The molecule has 0 aromatic carbocycles. The quantitative estimate of drug-likeness (QED) is 0.562. The van der Waals surface area contributed by atoms with Gasteiger partial charge in [-0.3, -0.25) is 0 Å². The van der Waals surface area contributed by atoms with Crippen LogP contribution >= 0.6 is 11.6 Å². The molecule has 0 bridgehead atoms. The Morgan fingerprint density at radius 2 is 1.87 bits per heavy atom. The van der Waals surface area contributed by atoms with Crippen molar-refractivity contribution in [1.29, 1.82) is 0 Å². The van der Waals surface area contributed by atoms with Crippen LogP contribution < -0.4 is 4.72 Å². The Labute approximate surface area is 89.8 Å². The minimum absolute atomic E-state index is 0.0478. The summed E-state index contributed by atoms with van der Waals surface area (Å²) in [5, 5.41) is 0. The predicted octanol–water partition coefficient (Wildman–Crippen LogP) is 1.44. The van der Waals surface area contributed by atoms with Crippen molar-refractivity contribution in [3.63, 3.8) is 0 Å². The van der Waals surface area contributed by atoms with Gasteiger partial charge in [0.2, 0.25) is 10.0 Å². The first-order valence-electron chi connectivity index (χ1n) is 3.90. The molecule has 0 atom stereocenters. The predicted molar refractivity (Wildman–Crippen MR) is 48.1 cm³/mol. The van der Waals surface area contributed by atoms with Gasteiger partial charge in [0.05, 0.1) is 12.3 Å². The van der Waals surface area contributed by atoms with Gasteiger partial charge in [-0.25, -0.2) is 21.9 Å². The van der Waals surface area contributed by atoms with Gasteiger partial charge in [-0.05, 0) is 6.42 Å². The summed E-state index contributed by atoms with van der Waals surface area (Å²) in [6.45, 7) is -1.60. The van der Waals surface area contributed by atoms with E-state index in [2.05, 4.69) is 0 Å². The number of nitrogens with one attached hydrogen (secondary N) is 1. The Morgan fingerprint density at radius 3 is 2.27 bits per heavy atom. The first kappa shape index (κ1) is 14.9. The molecule has 0 radical (unpaired) electrons. The molecule has 0 aromatic heterocycles. The van der Waals surface area contributed by atoms with Gasteiger partial charge < -0.3 is 0 Å². The summed E-state index contributed by atoms with van der Waals surface area (Å²) in [5.41, 5.74) is 0. The highest BCUT2D eigenvalue weighted by Gasteiger charge is 2.41. The molecule has 0 aromatic rings. The van der Waals surface area contributed by atoms with Crippen molar-refractivity contribution >= 4 is 21.6 Å². The minimum atomic E-state index is -4.35. The average Bonchev–Trinajstić information content (AvgIpc) is 2.12. The van der Waals surface area contributed by atoms with Gasteiger partial charge in [0.1, 0.15) is 0 Å². The molecule has 0 spiro atoms. The molecular weight excluding hydrogens is 262 g/mol. The Hall–Kier alpha value is -0.0800. The highest BCUT2D eigenvalue weighted by Crippen LogP contribution is 2.21. The molecule has 0 aliphatic carbocycles. The molecule has 0 saturated carbocycles. The second-order valence-electron chi connectivity index (χ2n) is 2.74. The number of sulfonamides is 1. The summed E-state index contributed by atoms with van der Waals surface area (Å²) >= 11 is 5.19. The van der Waals surface area contributed by atoms with E-state index in [1.54, 1.807) is 0 Å². The molecule has 15 heavy (non-hydrogen) atoms. The molecule has 9 heteroatoms. The Bertz CT molecular complexity index is 283. The third kappa shape index (κ3) is 6.16. The normalized spacial score (nSPS) is 13.5. The van der Waals surface area contributed by atoms with Crippen molar-refractivity contribution < 1.29 is 26.0 Å². The molecule has 0 heterocycles. The van der Waals surface area contributed by atoms with E-state index in [0.29, 0.717) is 0 Å². The lowest BCUT2D eigenvalue weighted by Crippen LogP contribution is -2.42. The van der Waals surface area contributed by atoms with E-state index in [-0.39, 0.29) is 12.3 Å². The van der Waals surface area contributed by atoms with Crippen LogP contribution in [0.25, 0.3) is 0 Å². The van der Waals surface area contributed by atoms with Gasteiger partial charge in [0, 0.05) is 5.88 Å². The summed E-state index contributed by atoms with van der Waals surface area (Å²) in [6.07, 6.45) is -3.83. The molecule has 0 fully saturated rings. The first-order chi connectivity index (χ1) is 6.71. The zero-order valence-corrected chi connectivity index (χ0v) is 9.09. The third-order valence-corrected chi connectivity index (χ3v) is 3.07. The van der Waals surface area contributed by atoms with Gasteiger partial charge in [-0.15, -0.1) is 11.6 Å².